The van der Waals surface area contributed by atoms with Gasteiger partial charge in [0.1, 0.15) is 0 Å². The Hall–Kier alpha value is -2.22. The van der Waals surface area contributed by atoms with Crippen LogP contribution in [-0.4, -0.2) is 25.1 Å². The Balaban J connectivity index is 1.66. The molecule has 0 aliphatic rings. The highest BCUT2D eigenvalue weighted by atomic mass is 35.5. The lowest BCUT2D eigenvalue weighted by atomic mass is 9.98. The van der Waals surface area contributed by atoms with Crippen molar-refractivity contribution in [2.24, 2.45) is 0 Å². The molecule has 5 nitrogen and oxygen atoms in total. The number of anilines is 1. The zero-order valence-electron chi connectivity index (χ0n) is 16.3. The molecule has 0 fully saturated rings. The molecule has 0 bridgehead atoms. The first kappa shape index (κ1) is 21.5. The van der Waals surface area contributed by atoms with E-state index in [1.54, 1.807) is 0 Å². The Kier molecular flexibility index (Phi) is 6.41. The number of hydrogen-bond acceptors (Lipinski definition) is 5. The van der Waals surface area contributed by atoms with Gasteiger partial charge in [0.15, 0.2) is 15.0 Å². The molecule has 1 N–H and O–H groups in total. The van der Waals surface area contributed by atoms with Crippen molar-refractivity contribution in [2.45, 2.75) is 32.1 Å². The van der Waals surface area contributed by atoms with E-state index in [1.165, 1.54) is 41.2 Å². The van der Waals surface area contributed by atoms with Gasteiger partial charge in [0.2, 0.25) is 5.91 Å². The Morgan fingerprint density at radius 3 is 2.34 bits per heavy atom. The number of nitrogens with one attached hydrogen (secondary N) is 1. The number of amides is 1. The van der Waals surface area contributed by atoms with Crippen LogP contribution in [0.3, 0.4) is 0 Å². The van der Waals surface area contributed by atoms with Crippen LogP contribution in [-0.2, 0) is 14.6 Å². The number of rotatable bonds is 6. The van der Waals surface area contributed by atoms with Crippen molar-refractivity contribution in [3.8, 4) is 11.3 Å². The second-order valence-corrected chi connectivity index (χ2v) is 10.3. The van der Waals surface area contributed by atoms with Gasteiger partial charge < -0.3 is 5.32 Å². The minimum absolute atomic E-state index is 0.150. The molecule has 0 saturated carbocycles. The van der Waals surface area contributed by atoms with Crippen molar-refractivity contribution in [2.75, 3.05) is 11.1 Å². The highest BCUT2D eigenvalue weighted by molar-refractivity contribution is 7.91. The lowest BCUT2D eigenvalue weighted by molar-refractivity contribution is -0.115. The summed E-state index contributed by atoms with van der Waals surface area (Å²) >= 11 is 7.11. The zero-order valence-corrected chi connectivity index (χ0v) is 18.7. The molecule has 1 amide bonds. The van der Waals surface area contributed by atoms with E-state index in [1.807, 2.05) is 19.2 Å². The van der Waals surface area contributed by atoms with Crippen LogP contribution in [0, 0.1) is 20.8 Å². The van der Waals surface area contributed by atoms with Crippen LogP contribution in [0.4, 0.5) is 5.13 Å². The van der Waals surface area contributed by atoms with Gasteiger partial charge in [0.25, 0.3) is 0 Å². The Bertz CT molecular complexity index is 1130. The van der Waals surface area contributed by atoms with Crippen molar-refractivity contribution in [1.82, 2.24) is 4.98 Å². The highest BCUT2D eigenvalue weighted by Gasteiger charge is 2.18. The summed E-state index contributed by atoms with van der Waals surface area (Å²) in [5.41, 5.74) is 5.29. The number of halogens is 1. The number of nitrogens with zero attached hydrogens (tertiary/aromatic N) is 1. The van der Waals surface area contributed by atoms with Crippen LogP contribution < -0.4 is 5.32 Å². The lowest BCUT2D eigenvalue weighted by Crippen LogP contribution is -2.17. The van der Waals surface area contributed by atoms with Gasteiger partial charge in [-0.05, 0) is 56.2 Å². The monoisotopic (exact) mass is 448 g/mol. The topological polar surface area (TPSA) is 76.1 Å². The second kappa shape index (κ2) is 8.65. The minimum atomic E-state index is -3.55. The number of sulfone groups is 1. The van der Waals surface area contributed by atoms with Gasteiger partial charge in [0, 0.05) is 22.4 Å². The molecular weight excluding hydrogens is 428 g/mol. The number of hydrogen-bond donors (Lipinski definition) is 1. The molecule has 0 saturated heterocycles. The fourth-order valence-electron chi connectivity index (χ4n) is 3.20. The summed E-state index contributed by atoms with van der Waals surface area (Å²) in [6, 6.07) is 10.1. The van der Waals surface area contributed by atoms with Crippen molar-refractivity contribution in [1.29, 1.82) is 0 Å². The number of carbonyl (C=O) groups excluding carboxylic acids is 1. The van der Waals surface area contributed by atoms with Crippen LogP contribution in [0.25, 0.3) is 11.3 Å². The molecule has 8 heteroatoms. The first-order chi connectivity index (χ1) is 13.7. The number of benzene rings is 2. The van der Waals surface area contributed by atoms with Gasteiger partial charge in [-0.3, -0.25) is 4.79 Å². The maximum Gasteiger partial charge on any atom is 0.227 e. The molecule has 2 aromatic carbocycles. The Morgan fingerprint density at radius 2 is 1.72 bits per heavy atom. The molecule has 0 spiro atoms. The molecule has 0 aliphatic carbocycles. The molecule has 3 aromatic rings. The van der Waals surface area contributed by atoms with E-state index in [4.69, 9.17) is 11.6 Å². The van der Waals surface area contributed by atoms with Gasteiger partial charge in [-0.2, -0.15) is 0 Å². The van der Waals surface area contributed by atoms with E-state index < -0.39 is 9.84 Å². The number of aryl methyl sites for hydroxylation is 3. The quantitative estimate of drug-likeness (QED) is 0.562. The van der Waals surface area contributed by atoms with Crippen molar-refractivity contribution in [3.05, 3.63) is 63.5 Å². The summed E-state index contributed by atoms with van der Waals surface area (Å²) in [4.78, 5) is 16.9. The molecule has 3 rings (SSSR count). The maximum absolute atomic E-state index is 12.4. The largest absolute Gasteiger partial charge is 0.302 e. The molecule has 0 aliphatic heterocycles. The van der Waals surface area contributed by atoms with E-state index in [0.717, 1.165) is 22.4 Å². The van der Waals surface area contributed by atoms with E-state index in [2.05, 4.69) is 29.4 Å². The third-order valence-corrected chi connectivity index (χ3v) is 7.20. The fourth-order valence-corrected chi connectivity index (χ4v) is 5.28. The molecule has 0 radical (unpaired) electrons. The normalized spacial score (nSPS) is 11.4. The summed E-state index contributed by atoms with van der Waals surface area (Å²) in [6.07, 6.45) is -0.150. The van der Waals surface area contributed by atoms with E-state index in [0.29, 0.717) is 10.2 Å². The van der Waals surface area contributed by atoms with E-state index >= 15 is 0 Å². The molecular formula is C21H21ClN2O3S2. The fraction of sp³-hybridized carbons (Fsp3) is 0.238. The lowest BCUT2D eigenvalue weighted by Gasteiger charge is -2.08. The number of thiazole rings is 1. The predicted molar refractivity (Wildman–Crippen MR) is 119 cm³/mol. The molecule has 152 valence electrons. The third-order valence-electron chi connectivity index (χ3n) is 4.45. The molecule has 1 heterocycles. The Labute approximate surface area is 179 Å². The first-order valence-corrected chi connectivity index (χ1v) is 11.9. The summed E-state index contributed by atoms with van der Waals surface area (Å²) in [5, 5.41) is 5.50. The van der Waals surface area contributed by atoms with E-state index in [-0.39, 0.29) is 23.0 Å². The summed E-state index contributed by atoms with van der Waals surface area (Å²) in [7, 11) is -3.55. The SMILES string of the molecule is Cc1cc(C)c(-c2csc(NC(=O)CCS(=O)(=O)c3ccc(Cl)cc3)n2)c(C)c1. The van der Waals surface area contributed by atoms with Crippen molar-refractivity contribution in [3.63, 3.8) is 0 Å². The molecule has 1 aromatic heterocycles. The highest BCUT2D eigenvalue weighted by Crippen LogP contribution is 2.31. The van der Waals surface area contributed by atoms with Gasteiger partial charge >= 0.3 is 0 Å². The van der Waals surface area contributed by atoms with Gasteiger partial charge in [-0.1, -0.05) is 29.3 Å². The van der Waals surface area contributed by atoms with Gasteiger partial charge in [0.05, 0.1) is 16.3 Å². The average Bonchev–Trinajstić information content (AvgIpc) is 3.07. The summed E-state index contributed by atoms with van der Waals surface area (Å²) < 4.78 is 24.7. The van der Waals surface area contributed by atoms with Crippen LogP contribution in [0.2, 0.25) is 5.02 Å². The molecule has 0 unspecified atom stereocenters. The van der Waals surface area contributed by atoms with Crippen LogP contribution in [0.1, 0.15) is 23.1 Å². The first-order valence-electron chi connectivity index (χ1n) is 8.97. The van der Waals surface area contributed by atoms with Crippen LogP contribution in [0.15, 0.2) is 46.7 Å². The average molecular weight is 449 g/mol. The minimum Gasteiger partial charge on any atom is -0.302 e. The van der Waals surface area contributed by atoms with Gasteiger partial charge in [-0.15, -0.1) is 11.3 Å². The Morgan fingerprint density at radius 1 is 1.10 bits per heavy atom. The van der Waals surface area contributed by atoms with Gasteiger partial charge in [-0.25, -0.2) is 13.4 Å². The standard InChI is InChI=1S/C21H21ClN2O3S2/c1-13-10-14(2)20(15(3)11-13)18-12-28-21(23-18)24-19(25)8-9-29(26,27)17-6-4-16(22)5-7-17/h4-7,10-12H,8-9H2,1-3H3,(H,23,24,25). The third kappa shape index (κ3) is 5.23. The number of aromatic nitrogens is 1. The van der Waals surface area contributed by atoms with Crippen LogP contribution >= 0.6 is 22.9 Å². The summed E-state index contributed by atoms with van der Waals surface area (Å²) in [5.74, 6) is -0.671. The second-order valence-electron chi connectivity index (χ2n) is 6.88. The van der Waals surface area contributed by atoms with Crippen LogP contribution in [0.5, 0.6) is 0 Å². The molecule has 0 atom stereocenters. The maximum atomic E-state index is 12.4. The van der Waals surface area contributed by atoms with Crippen molar-refractivity contribution >= 4 is 43.8 Å². The zero-order chi connectivity index (χ0) is 21.2. The predicted octanol–water partition coefficient (Wildman–Crippen LogP) is 5.19. The molecule has 29 heavy (non-hydrogen) atoms. The summed E-state index contributed by atoms with van der Waals surface area (Å²) in [6.45, 7) is 6.12. The van der Waals surface area contributed by atoms with E-state index in [9.17, 15) is 13.2 Å². The number of carbonyl (C=O) groups is 1. The smallest absolute Gasteiger partial charge is 0.227 e. The van der Waals surface area contributed by atoms with Crippen molar-refractivity contribution < 1.29 is 13.2 Å².